The van der Waals surface area contributed by atoms with Crippen molar-refractivity contribution in [2.45, 2.75) is 26.2 Å². The van der Waals surface area contributed by atoms with E-state index in [1.165, 1.54) is 0 Å². The van der Waals surface area contributed by atoms with Gasteiger partial charge in [-0.05, 0) is 19.4 Å². The summed E-state index contributed by atoms with van der Waals surface area (Å²) in [5.41, 5.74) is 2.52. The normalized spacial score (nSPS) is 11.7. The van der Waals surface area contributed by atoms with Crippen LogP contribution in [-0.4, -0.2) is 18.4 Å². The van der Waals surface area contributed by atoms with E-state index in [1.54, 1.807) is 19.1 Å². The van der Waals surface area contributed by atoms with Crippen LogP contribution in [0.5, 0.6) is 0 Å². The van der Waals surface area contributed by atoms with Gasteiger partial charge in [0.1, 0.15) is 0 Å². The number of Topliss-reactive ketones (excluding diaryl/α,β-unsaturated/α-hetero) is 1. The lowest BCUT2D eigenvalue weighted by atomic mass is 9.87. The maximum atomic E-state index is 12.8. The first-order chi connectivity index (χ1) is 10.6. The third-order valence-electron chi connectivity index (χ3n) is 3.50. The molecule has 22 heavy (non-hydrogen) atoms. The smallest absolute Gasteiger partial charge is 0.306 e. The first kappa shape index (κ1) is 16.0. The van der Waals surface area contributed by atoms with Crippen LogP contribution in [0.3, 0.4) is 0 Å². The summed E-state index contributed by atoms with van der Waals surface area (Å²) < 4.78 is 5.02. The Morgan fingerprint density at radius 3 is 2.41 bits per heavy atom. The second kappa shape index (κ2) is 7.55. The topological polar surface area (TPSA) is 43.4 Å². The summed E-state index contributed by atoms with van der Waals surface area (Å²) in [6.07, 6.45) is 0.0605. The standard InChI is InChI=1S/C19H20O3/c1-3-22-18(20)13-17(16-11-7-8-14(2)12-16)19(21)15-9-5-4-6-10-15/h4-12,17H,3,13H2,1-2H3. The highest BCUT2D eigenvalue weighted by atomic mass is 16.5. The summed E-state index contributed by atoms with van der Waals surface area (Å²) in [7, 11) is 0. The minimum atomic E-state index is -0.513. The monoisotopic (exact) mass is 296 g/mol. The van der Waals surface area contributed by atoms with Gasteiger partial charge in [-0.15, -0.1) is 0 Å². The molecule has 0 aliphatic carbocycles. The molecule has 1 atom stereocenters. The molecule has 0 heterocycles. The van der Waals surface area contributed by atoms with Gasteiger partial charge in [-0.25, -0.2) is 0 Å². The predicted octanol–water partition coefficient (Wildman–Crippen LogP) is 3.91. The molecule has 1 unspecified atom stereocenters. The number of rotatable bonds is 6. The molecule has 2 aromatic rings. The van der Waals surface area contributed by atoms with Crippen molar-refractivity contribution in [3.63, 3.8) is 0 Å². The van der Waals surface area contributed by atoms with E-state index in [0.717, 1.165) is 11.1 Å². The van der Waals surface area contributed by atoms with Crippen molar-refractivity contribution in [1.29, 1.82) is 0 Å². The third-order valence-corrected chi connectivity index (χ3v) is 3.50. The fourth-order valence-corrected chi connectivity index (χ4v) is 2.44. The SMILES string of the molecule is CCOC(=O)CC(C(=O)c1ccccc1)c1cccc(C)c1. The van der Waals surface area contributed by atoms with Gasteiger partial charge in [-0.2, -0.15) is 0 Å². The molecule has 0 spiro atoms. The second-order valence-corrected chi connectivity index (χ2v) is 5.21. The van der Waals surface area contributed by atoms with E-state index in [2.05, 4.69) is 0 Å². The zero-order chi connectivity index (χ0) is 15.9. The molecule has 0 N–H and O–H groups in total. The van der Waals surface area contributed by atoms with Gasteiger partial charge in [-0.1, -0.05) is 60.2 Å². The number of benzene rings is 2. The first-order valence-electron chi connectivity index (χ1n) is 7.43. The Morgan fingerprint density at radius 1 is 1.05 bits per heavy atom. The van der Waals surface area contributed by atoms with E-state index in [9.17, 15) is 9.59 Å². The van der Waals surface area contributed by atoms with Crippen molar-refractivity contribution in [3.05, 3.63) is 71.3 Å². The van der Waals surface area contributed by atoms with Crippen molar-refractivity contribution in [2.75, 3.05) is 6.61 Å². The fraction of sp³-hybridized carbons (Fsp3) is 0.263. The van der Waals surface area contributed by atoms with E-state index >= 15 is 0 Å². The van der Waals surface area contributed by atoms with E-state index < -0.39 is 5.92 Å². The van der Waals surface area contributed by atoms with E-state index in [-0.39, 0.29) is 18.2 Å². The van der Waals surface area contributed by atoms with Crippen molar-refractivity contribution < 1.29 is 14.3 Å². The quantitative estimate of drug-likeness (QED) is 0.599. The van der Waals surface area contributed by atoms with E-state index in [4.69, 9.17) is 4.74 Å². The van der Waals surface area contributed by atoms with Crippen LogP contribution in [0.2, 0.25) is 0 Å². The van der Waals surface area contributed by atoms with E-state index in [1.807, 2.05) is 49.4 Å². The Labute approximate surface area is 130 Å². The van der Waals surface area contributed by atoms with Crippen molar-refractivity contribution in [1.82, 2.24) is 0 Å². The summed E-state index contributed by atoms with van der Waals surface area (Å²) in [5, 5.41) is 0. The van der Waals surface area contributed by atoms with Gasteiger partial charge in [0.25, 0.3) is 0 Å². The number of carbonyl (C=O) groups excluding carboxylic acids is 2. The van der Waals surface area contributed by atoms with Gasteiger partial charge in [0, 0.05) is 5.56 Å². The van der Waals surface area contributed by atoms with Crippen LogP contribution in [0.1, 0.15) is 40.7 Å². The summed E-state index contributed by atoms with van der Waals surface area (Å²) in [4.78, 5) is 24.7. The lowest BCUT2D eigenvalue weighted by Crippen LogP contribution is -2.18. The molecule has 0 saturated carbocycles. The minimum Gasteiger partial charge on any atom is -0.466 e. The summed E-state index contributed by atoms with van der Waals surface area (Å²) in [6, 6.07) is 16.8. The summed E-state index contributed by atoms with van der Waals surface area (Å²) in [5.74, 6) is -0.918. The lowest BCUT2D eigenvalue weighted by molar-refractivity contribution is -0.143. The zero-order valence-electron chi connectivity index (χ0n) is 12.9. The Balaban J connectivity index is 2.33. The maximum Gasteiger partial charge on any atom is 0.306 e. The zero-order valence-corrected chi connectivity index (χ0v) is 12.9. The Hall–Kier alpha value is -2.42. The molecule has 0 bridgehead atoms. The molecule has 0 amide bonds. The van der Waals surface area contributed by atoms with Crippen LogP contribution in [0, 0.1) is 6.92 Å². The average molecular weight is 296 g/mol. The highest BCUT2D eigenvalue weighted by molar-refractivity contribution is 6.02. The Bertz CT molecular complexity index is 647. The largest absolute Gasteiger partial charge is 0.466 e. The highest BCUT2D eigenvalue weighted by Crippen LogP contribution is 2.26. The number of esters is 1. The van der Waals surface area contributed by atoms with Gasteiger partial charge >= 0.3 is 5.97 Å². The van der Waals surface area contributed by atoms with Crippen LogP contribution in [0.4, 0.5) is 0 Å². The molecule has 0 aliphatic rings. The van der Waals surface area contributed by atoms with Crippen molar-refractivity contribution in [3.8, 4) is 0 Å². The Morgan fingerprint density at radius 2 is 1.77 bits per heavy atom. The molecule has 0 saturated heterocycles. The number of hydrogen-bond donors (Lipinski definition) is 0. The number of ether oxygens (including phenoxy) is 1. The lowest BCUT2D eigenvalue weighted by Gasteiger charge is -2.16. The van der Waals surface area contributed by atoms with Crippen LogP contribution < -0.4 is 0 Å². The molecular weight excluding hydrogens is 276 g/mol. The summed E-state index contributed by atoms with van der Waals surface area (Å²) >= 11 is 0. The third kappa shape index (κ3) is 4.04. The molecule has 114 valence electrons. The molecule has 0 radical (unpaired) electrons. The van der Waals surface area contributed by atoms with Crippen molar-refractivity contribution >= 4 is 11.8 Å². The fourth-order valence-electron chi connectivity index (χ4n) is 2.44. The molecule has 3 nitrogen and oxygen atoms in total. The Kier molecular flexibility index (Phi) is 5.48. The molecule has 2 aromatic carbocycles. The maximum absolute atomic E-state index is 12.8. The number of ketones is 1. The predicted molar refractivity (Wildman–Crippen MR) is 85.9 cm³/mol. The second-order valence-electron chi connectivity index (χ2n) is 5.21. The molecule has 3 heteroatoms. The number of carbonyl (C=O) groups is 2. The highest BCUT2D eigenvalue weighted by Gasteiger charge is 2.25. The molecule has 2 rings (SSSR count). The molecular formula is C19H20O3. The van der Waals surface area contributed by atoms with Gasteiger partial charge in [0.05, 0.1) is 18.9 Å². The van der Waals surface area contributed by atoms with Crippen molar-refractivity contribution in [2.24, 2.45) is 0 Å². The van der Waals surface area contributed by atoms with Crippen LogP contribution in [0.15, 0.2) is 54.6 Å². The summed E-state index contributed by atoms with van der Waals surface area (Å²) in [6.45, 7) is 4.05. The number of aryl methyl sites for hydroxylation is 1. The molecule has 0 aromatic heterocycles. The van der Waals surface area contributed by atoms with Gasteiger partial charge in [0.2, 0.25) is 0 Å². The van der Waals surface area contributed by atoms with Gasteiger partial charge < -0.3 is 4.74 Å². The number of hydrogen-bond acceptors (Lipinski definition) is 3. The van der Waals surface area contributed by atoms with Gasteiger partial charge in [-0.3, -0.25) is 9.59 Å². The first-order valence-corrected chi connectivity index (χ1v) is 7.43. The average Bonchev–Trinajstić information content (AvgIpc) is 2.53. The van der Waals surface area contributed by atoms with E-state index in [0.29, 0.717) is 12.2 Å². The van der Waals surface area contributed by atoms with Gasteiger partial charge in [0.15, 0.2) is 5.78 Å². The van der Waals surface area contributed by atoms with Crippen LogP contribution in [-0.2, 0) is 9.53 Å². The molecule has 0 fully saturated rings. The minimum absolute atomic E-state index is 0.0562. The van der Waals surface area contributed by atoms with Crippen LogP contribution in [0.25, 0.3) is 0 Å². The molecule has 0 aliphatic heterocycles. The van der Waals surface area contributed by atoms with Crippen LogP contribution >= 0.6 is 0 Å².